The van der Waals surface area contributed by atoms with Crippen molar-refractivity contribution in [3.05, 3.63) is 63.7 Å². The minimum atomic E-state index is -0.437. The number of nitro benzene ring substituents is 1. The SMILES string of the molecule is C[C@@H](c1nc2ccccc2s1)N(C)C(=O)CSc1ccc([N+](=O)[O-])cc1. The first kappa shape index (κ1) is 18.3. The number of fused-ring (bicyclic) bond motifs is 1. The largest absolute Gasteiger partial charge is 0.336 e. The van der Waals surface area contributed by atoms with Crippen LogP contribution < -0.4 is 0 Å². The smallest absolute Gasteiger partial charge is 0.269 e. The molecule has 1 atom stereocenters. The summed E-state index contributed by atoms with van der Waals surface area (Å²) in [7, 11) is 1.77. The number of hydrogen-bond acceptors (Lipinski definition) is 6. The van der Waals surface area contributed by atoms with Crippen molar-refractivity contribution < 1.29 is 9.72 Å². The lowest BCUT2D eigenvalue weighted by Gasteiger charge is -2.23. The summed E-state index contributed by atoms with van der Waals surface area (Å²) in [5.74, 6) is 0.254. The van der Waals surface area contributed by atoms with Crippen LogP contribution in [0.4, 0.5) is 5.69 Å². The molecule has 0 saturated heterocycles. The molecule has 1 aromatic heterocycles. The number of para-hydroxylation sites is 1. The molecule has 0 fully saturated rings. The van der Waals surface area contributed by atoms with Crippen molar-refractivity contribution >= 4 is 44.9 Å². The Morgan fingerprint density at radius 2 is 1.96 bits per heavy atom. The Kier molecular flexibility index (Phi) is 5.53. The lowest BCUT2D eigenvalue weighted by molar-refractivity contribution is -0.384. The predicted octanol–water partition coefficient (Wildman–Crippen LogP) is 4.52. The Bertz CT molecular complexity index is 907. The van der Waals surface area contributed by atoms with E-state index in [9.17, 15) is 14.9 Å². The van der Waals surface area contributed by atoms with E-state index in [1.807, 2.05) is 31.2 Å². The summed E-state index contributed by atoms with van der Waals surface area (Å²) < 4.78 is 1.11. The fraction of sp³-hybridized carbons (Fsp3) is 0.222. The van der Waals surface area contributed by atoms with Gasteiger partial charge in [-0.25, -0.2) is 4.98 Å². The molecule has 0 bridgehead atoms. The summed E-state index contributed by atoms with van der Waals surface area (Å²) in [6, 6.07) is 14.0. The quantitative estimate of drug-likeness (QED) is 0.353. The zero-order valence-corrected chi connectivity index (χ0v) is 15.9. The molecule has 0 unspecified atom stereocenters. The van der Waals surface area contributed by atoms with Gasteiger partial charge in [0.2, 0.25) is 5.91 Å². The van der Waals surface area contributed by atoms with Gasteiger partial charge in [-0.15, -0.1) is 23.1 Å². The lowest BCUT2D eigenvalue weighted by Crippen LogP contribution is -2.31. The second-order valence-electron chi connectivity index (χ2n) is 5.74. The van der Waals surface area contributed by atoms with Crippen LogP contribution in [0.3, 0.4) is 0 Å². The molecular weight excluding hydrogens is 370 g/mol. The van der Waals surface area contributed by atoms with E-state index < -0.39 is 4.92 Å². The Morgan fingerprint density at radius 3 is 2.62 bits per heavy atom. The van der Waals surface area contributed by atoms with E-state index in [4.69, 9.17) is 0 Å². The van der Waals surface area contributed by atoms with Gasteiger partial charge in [0.25, 0.3) is 5.69 Å². The molecule has 0 aliphatic carbocycles. The highest BCUT2D eigenvalue weighted by atomic mass is 32.2. The van der Waals surface area contributed by atoms with Crippen LogP contribution in [0.15, 0.2) is 53.4 Å². The number of hydrogen-bond donors (Lipinski definition) is 0. The minimum absolute atomic E-state index is 0.0138. The first-order valence-electron chi connectivity index (χ1n) is 7.94. The van der Waals surface area contributed by atoms with Crippen LogP contribution >= 0.6 is 23.1 Å². The third kappa shape index (κ3) is 4.03. The highest BCUT2D eigenvalue weighted by Crippen LogP contribution is 2.29. The zero-order valence-electron chi connectivity index (χ0n) is 14.3. The Balaban J connectivity index is 1.62. The molecule has 2 aromatic carbocycles. The van der Waals surface area contributed by atoms with E-state index >= 15 is 0 Å². The molecule has 0 aliphatic rings. The fourth-order valence-electron chi connectivity index (χ4n) is 2.36. The van der Waals surface area contributed by atoms with Crippen LogP contribution in [-0.4, -0.2) is 33.5 Å². The Morgan fingerprint density at radius 1 is 1.27 bits per heavy atom. The van der Waals surface area contributed by atoms with Crippen molar-refractivity contribution in [3.63, 3.8) is 0 Å². The fourth-order valence-corrected chi connectivity index (χ4v) is 4.25. The molecular formula is C18H17N3O3S2. The zero-order chi connectivity index (χ0) is 18.7. The van der Waals surface area contributed by atoms with Gasteiger partial charge < -0.3 is 4.90 Å². The van der Waals surface area contributed by atoms with Crippen LogP contribution in [0.25, 0.3) is 10.2 Å². The van der Waals surface area contributed by atoms with Crippen molar-refractivity contribution in [1.82, 2.24) is 9.88 Å². The highest BCUT2D eigenvalue weighted by molar-refractivity contribution is 8.00. The molecule has 3 rings (SSSR count). The van der Waals surface area contributed by atoms with E-state index in [0.717, 1.165) is 20.1 Å². The number of thiazole rings is 1. The number of nitro groups is 1. The number of nitrogens with zero attached hydrogens (tertiary/aromatic N) is 3. The summed E-state index contributed by atoms with van der Waals surface area (Å²) in [4.78, 5) is 29.9. The molecule has 0 radical (unpaired) electrons. The summed E-state index contributed by atoms with van der Waals surface area (Å²) >= 11 is 2.96. The van der Waals surface area contributed by atoms with E-state index in [1.54, 1.807) is 35.4 Å². The second kappa shape index (κ2) is 7.84. The van der Waals surface area contributed by atoms with Crippen LogP contribution in [0, 0.1) is 10.1 Å². The number of amides is 1. The standard InChI is InChI=1S/C18H17N3O3S2/c1-12(18-19-15-5-3-4-6-16(15)26-18)20(2)17(22)11-25-14-9-7-13(8-10-14)21(23)24/h3-10,12H,11H2,1-2H3/t12-/m0/s1. The van der Waals surface area contributed by atoms with Crippen molar-refractivity contribution in [2.75, 3.05) is 12.8 Å². The molecule has 0 aliphatic heterocycles. The maximum Gasteiger partial charge on any atom is 0.269 e. The number of carbonyl (C=O) groups is 1. The lowest BCUT2D eigenvalue weighted by atomic mass is 10.3. The molecule has 8 heteroatoms. The van der Waals surface area contributed by atoms with Crippen molar-refractivity contribution in [2.24, 2.45) is 0 Å². The summed E-state index contributed by atoms with van der Waals surface area (Å²) in [6.07, 6.45) is 0. The molecule has 0 saturated carbocycles. The Hall–Kier alpha value is -2.45. The van der Waals surface area contributed by atoms with Gasteiger partial charge in [0.15, 0.2) is 0 Å². The number of rotatable bonds is 6. The van der Waals surface area contributed by atoms with Crippen molar-refractivity contribution in [2.45, 2.75) is 17.9 Å². The summed E-state index contributed by atoms with van der Waals surface area (Å²) in [5, 5.41) is 11.6. The second-order valence-corrected chi connectivity index (χ2v) is 7.85. The van der Waals surface area contributed by atoms with Crippen molar-refractivity contribution in [1.29, 1.82) is 0 Å². The maximum absolute atomic E-state index is 12.5. The summed E-state index contributed by atoms with van der Waals surface area (Å²) in [6.45, 7) is 1.96. The number of carbonyl (C=O) groups excluding carboxylic acids is 1. The molecule has 0 N–H and O–H groups in total. The third-order valence-corrected chi connectivity index (χ3v) is 6.26. The van der Waals surface area contributed by atoms with Gasteiger partial charge in [-0.2, -0.15) is 0 Å². The molecule has 134 valence electrons. The Labute approximate surface area is 159 Å². The van der Waals surface area contributed by atoms with E-state index in [0.29, 0.717) is 0 Å². The number of thioether (sulfide) groups is 1. The van der Waals surface area contributed by atoms with Gasteiger partial charge in [-0.1, -0.05) is 12.1 Å². The van der Waals surface area contributed by atoms with Crippen LogP contribution in [0.1, 0.15) is 18.0 Å². The average Bonchev–Trinajstić information content (AvgIpc) is 3.09. The number of non-ortho nitro benzene ring substituents is 1. The van der Waals surface area contributed by atoms with Crippen LogP contribution in [-0.2, 0) is 4.79 Å². The van der Waals surface area contributed by atoms with Crippen molar-refractivity contribution in [3.8, 4) is 0 Å². The molecule has 1 amide bonds. The normalized spacial score (nSPS) is 12.1. The highest BCUT2D eigenvalue weighted by Gasteiger charge is 2.20. The monoisotopic (exact) mass is 387 g/mol. The minimum Gasteiger partial charge on any atom is -0.336 e. The van der Waals surface area contributed by atoms with Gasteiger partial charge in [-0.3, -0.25) is 14.9 Å². The number of aromatic nitrogens is 1. The first-order valence-corrected chi connectivity index (χ1v) is 9.74. The van der Waals surface area contributed by atoms with E-state index in [1.165, 1.54) is 23.9 Å². The van der Waals surface area contributed by atoms with Crippen LogP contribution in [0.2, 0.25) is 0 Å². The predicted molar refractivity (Wildman–Crippen MR) is 105 cm³/mol. The van der Waals surface area contributed by atoms with Gasteiger partial charge in [0, 0.05) is 24.1 Å². The number of benzene rings is 2. The molecule has 3 aromatic rings. The van der Waals surface area contributed by atoms with Gasteiger partial charge in [0.05, 0.1) is 26.9 Å². The summed E-state index contributed by atoms with van der Waals surface area (Å²) in [5.41, 5.74) is 0.989. The van der Waals surface area contributed by atoms with Gasteiger partial charge in [0.1, 0.15) is 5.01 Å². The molecule has 1 heterocycles. The van der Waals surface area contributed by atoms with Gasteiger partial charge >= 0.3 is 0 Å². The van der Waals surface area contributed by atoms with E-state index in [2.05, 4.69) is 4.98 Å². The van der Waals surface area contributed by atoms with Crippen LogP contribution in [0.5, 0.6) is 0 Å². The van der Waals surface area contributed by atoms with E-state index in [-0.39, 0.29) is 23.4 Å². The molecule has 26 heavy (non-hydrogen) atoms. The first-order chi connectivity index (χ1) is 12.5. The molecule has 0 spiro atoms. The molecule has 6 nitrogen and oxygen atoms in total. The topological polar surface area (TPSA) is 76.3 Å². The van der Waals surface area contributed by atoms with Gasteiger partial charge in [-0.05, 0) is 31.2 Å². The third-order valence-electron chi connectivity index (χ3n) is 4.05. The average molecular weight is 387 g/mol. The maximum atomic E-state index is 12.5.